The van der Waals surface area contributed by atoms with Crippen molar-refractivity contribution in [1.82, 2.24) is 15.0 Å². The maximum atomic E-state index is 12.5. The van der Waals surface area contributed by atoms with E-state index >= 15 is 0 Å². The summed E-state index contributed by atoms with van der Waals surface area (Å²) in [6, 6.07) is 13.8. The number of aromatic amines is 1. The lowest BCUT2D eigenvalue weighted by Gasteiger charge is -2.09. The largest absolute Gasteiger partial charge is 0.497 e. The van der Waals surface area contributed by atoms with Crippen molar-refractivity contribution in [3.8, 4) is 16.9 Å². The molecule has 6 nitrogen and oxygen atoms in total. The number of rotatable bonds is 6. The Morgan fingerprint density at radius 2 is 1.93 bits per heavy atom. The fourth-order valence-corrected chi connectivity index (χ4v) is 3.97. The van der Waals surface area contributed by atoms with Crippen LogP contribution in [0.4, 0.5) is 5.69 Å². The molecule has 2 N–H and O–H groups in total. The molecule has 0 radical (unpaired) electrons. The van der Waals surface area contributed by atoms with Crippen LogP contribution < -0.4 is 10.1 Å². The van der Waals surface area contributed by atoms with Gasteiger partial charge in [0.25, 0.3) is 0 Å². The molecule has 0 unspecified atom stereocenters. The van der Waals surface area contributed by atoms with E-state index in [-0.39, 0.29) is 11.7 Å². The minimum absolute atomic E-state index is 0.0672. The van der Waals surface area contributed by atoms with Crippen LogP contribution in [0.3, 0.4) is 0 Å². The molecule has 0 fully saturated rings. The Kier molecular flexibility index (Phi) is 5.72. The van der Waals surface area contributed by atoms with Gasteiger partial charge in [-0.1, -0.05) is 36.0 Å². The Labute approximate surface area is 179 Å². The number of aryl methyl sites for hydroxylation is 2. The van der Waals surface area contributed by atoms with Gasteiger partial charge in [0.05, 0.1) is 18.4 Å². The number of methoxy groups -OCH3 is 1. The fourth-order valence-electron chi connectivity index (χ4n) is 3.21. The van der Waals surface area contributed by atoms with Crippen molar-refractivity contribution in [2.24, 2.45) is 0 Å². The first-order valence-electron chi connectivity index (χ1n) is 9.51. The first kappa shape index (κ1) is 20.0. The predicted octanol–water partition coefficient (Wildman–Crippen LogP) is 4.98. The van der Waals surface area contributed by atoms with Gasteiger partial charge < -0.3 is 15.0 Å². The third-order valence-electron chi connectivity index (χ3n) is 4.84. The third-order valence-corrected chi connectivity index (χ3v) is 5.83. The molecule has 0 aliphatic rings. The summed E-state index contributed by atoms with van der Waals surface area (Å²) in [6.07, 6.45) is 3.45. The number of carbonyl (C=O) groups is 1. The van der Waals surface area contributed by atoms with Crippen LogP contribution >= 0.6 is 11.8 Å². The number of hydrogen-bond acceptors (Lipinski definition) is 5. The molecule has 30 heavy (non-hydrogen) atoms. The van der Waals surface area contributed by atoms with Gasteiger partial charge in [-0.2, -0.15) is 0 Å². The molecule has 4 aromatic rings. The number of ether oxygens (including phenoxy) is 1. The highest BCUT2D eigenvalue weighted by atomic mass is 32.2. The minimum atomic E-state index is -0.0672. The lowest BCUT2D eigenvalue weighted by atomic mass is 10.1. The van der Waals surface area contributed by atoms with E-state index in [2.05, 4.69) is 20.3 Å². The van der Waals surface area contributed by atoms with Crippen LogP contribution in [0.2, 0.25) is 0 Å². The summed E-state index contributed by atoms with van der Waals surface area (Å²) in [5, 5.41) is 3.73. The maximum absolute atomic E-state index is 12.5. The first-order valence-corrected chi connectivity index (χ1v) is 10.5. The van der Waals surface area contributed by atoms with Gasteiger partial charge in [-0.05, 0) is 48.7 Å². The van der Waals surface area contributed by atoms with Crippen molar-refractivity contribution in [3.63, 3.8) is 0 Å². The van der Waals surface area contributed by atoms with Crippen LogP contribution in [0.5, 0.6) is 5.75 Å². The lowest BCUT2D eigenvalue weighted by Crippen LogP contribution is -2.15. The number of anilines is 1. The summed E-state index contributed by atoms with van der Waals surface area (Å²) >= 11 is 1.39. The average Bonchev–Trinajstić information content (AvgIpc) is 3.19. The maximum Gasteiger partial charge on any atom is 0.234 e. The number of H-pyrrole nitrogens is 1. The number of amides is 1. The van der Waals surface area contributed by atoms with E-state index in [1.54, 1.807) is 7.11 Å². The number of nitrogens with one attached hydrogen (secondary N) is 2. The normalized spacial score (nSPS) is 10.9. The molecule has 1 amide bonds. The van der Waals surface area contributed by atoms with E-state index < -0.39 is 0 Å². The number of fused-ring (bicyclic) bond motifs is 1. The van der Waals surface area contributed by atoms with E-state index in [9.17, 15) is 4.79 Å². The van der Waals surface area contributed by atoms with Crippen molar-refractivity contribution < 1.29 is 9.53 Å². The molecular formula is C23H22N4O2S. The summed E-state index contributed by atoms with van der Waals surface area (Å²) in [7, 11) is 1.65. The molecule has 0 atom stereocenters. The standard InChI is InChI=1S/C23H22N4O2S/c1-14-4-5-15(2)19(10-14)27-20(28)12-30-23-22-21(25-13-26-23)18(11-24-22)16-6-8-17(29-3)9-7-16/h4-11,13,24H,12H2,1-3H3,(H,27,28). The second-order valence-corrected chi connectivity index (χ2v) is 7.95. The van der Waals surface area contributed by atoms with Gasteiger partial charge in [-0.25, -0.2) is 9.97 Å². The van der Waals surface area contributed by atoms with E-state index in [0.717, 1.165) is 49.8 Å². The molecule has 0 spiro atoms. The summed E-state index contributed by atoms with van der Waals surface area (Å²) in [5.41, 5.74) is 6.66. The molecule has 7 heteroatoms. The topological polar surface area (TPSA) is 79.9 Å². The molecular weight excluding hydrogens is 396 g/mol. The Hall–Kier alpha value is -3.32. The number of carbonyl (C=O) groups excluding carboxylic acids is 1. The van der Waals surface area contributed by atoms with Crippen LogP contribution in [0.25, 0.3) is 22.2 Å². The molecule has 2 heterocycles. The summed E-state index contributed by atoms with van der Waals surface area (Å²) in [5.74, 6) is 0.998. The van der Waals surface area contributed by atoms with Gasteiger partial charge >= 0.3 is 0 Å². The molecule has 0 aliphatic heterocycles. The van der Waals surface area contributed by atoms with E-state index in [1.165, 1.54) is 18.1 Å². The van der Waals surface area contributed by atoms with Crippen LogP contribution in [-0.2, 0) is 4.79 Å². The van der Waals surface area contributed by atoms with Crippen molar-refractivity contribution in [3.05, 3.63) is 66.1 Å². The van der Waals surface area contributed by atoms with Crippen molar-refractivity contribution in [1.29, 1.82) is 0 Å². The molecule has 4 rings (SSSR count). The van der Waals surface area contributed by atoms with Crippen molar-refractivity contribution in [2.75, 3.05) is 18.2 Å². The highest BCUT2D eigenvalue weighted by Crippen LogP contribution is 2.32. The Bertz CT molecular complexity index is 1200. The Morgan fingerprint density at radius 3 is 2.70 bits per heavy atom. The lowest BCUT2D eigenvalue weighted by molar-refractivity contribution is -0.113. The molecule has 0 aliphatic carbocycles. The number of aromatic nitrogens is 3. The van der Waals surface area contributed by atoms with Crippen molar-refractivity contribution >= 4 is 34.4 Å². The zero-order chi connectivity index (χ0) is 21.1. The summed E-state index contributed by atoms with van der Waals surface area (Å²) in [4.78, 5) is 24.6. The molecule has 0 saturated heterocycles. The second kappa shape index (κ2) is 8.59. The highest BCUT2D eigenvalue weighted by molar-refractivity contribution is 8.00. The molecule has 152 valence electrons. The van der Waals surface area contributed by atoms with Gasteiger partial charge in [0.15, 0.2) is 0 Å². The third kappa shape index (κ3) is 4.16. The van der Waals surface area contributed by atoms with Crippen LogP contribution in [0.15, 0.2) is 60.0 Å². The number of thioether (sulfide) groups is 1. The zero-order valence-electron chi connectivity index (χ0n) is 17.0. The fraction of sp³-hybridized carbons (Fsp3) is 0.174. The average molecular weight is 419 g/mol. The molecule has 0 saturated carbocycles. The van der Waals surface area contributed by atoms with Gasteiger partial charge in [-0.3, -0.25) is 4.79 Å². The van der Waals surface area contributed by atoms with Crippen LogP contribution in [0, 0.1) is 13.8 Å². The van der Waals surface area contributed by atoms with Crippen molar-refractivity contribution in [2.45, 2.75) is 18.9 Å². The van der Waals surface area contributed by atoms with Crippen LogP contribution in [-0.4, -0.2) is 33.7 Å². The summed E-state index contributed by atoms with van der Waals surface area (Å²) < 4.78 is 5.23. The first-order chi connectivity index (χ1) is 14.5. The quantitative estimate of drug-likeness (QED) is 0.341. The SMILES string of the molecule is COc1ccc(-c2c[nH]c3c(SCC(=O)Nc4cc(C)ccc4C)ncnc23)cc1. The smallest absolute Gasteiger partial charge is 0.234 e. The molecule has 0 bridgehead atoms. The molecule has 2 aromatic heterocycles. The Morgan fingerprint density at radius 1 is 1.13 bits per heavy atom. The highest BCUT2D eigenvalue weighted by Gasteiger charge is 2.14. The predicted molar refractivity (Wildman–Crippen MR) is 121 cm³/mol. The van der Waals surface area contributed by atoms with E-state index in [1.807, 2.05) is 62.5 Å². The molecule has 2 aromatic carbocycles. The number of benzene rings is 2. The second-order valence-electron chi connectivity index (χ2n) is 6.99. The van der Waals surface area contributed by atoms with Gasteiger partial charge in [-0.15, -0.1) is 0 Å². The van der Waals surface area contributed by atoms with Gasteiger partial charge in [0.2, 0.25) is 5.91 Å². The summed E-state index contributed by atoms with van der Waals surface area (Å²) in [6.45, 7) is 3.99. The minimum Gasteiger partial charge on any atom is -0.497 e. The number of hydrogen-bond donors (Lipinski definition) is 2. The van der Waals surface area contributed by atoms with Gasteiger partial charge in [0, 0.05) is 17.4 Å². The van der Waals surface area contributed by atoms with Crippen LogP contribution in [0.1, 0.15) is 11.1 Å². The van der Waals surface area contributed by atoms with E-state index in [4.69, 9.17) is 4.74 Å². The number of nitrogens with zero attached hydrogens (tertiary/aromatic N) is 2. The zero-order valence-corrected chi connectivity index (χ0v) is 17.8. The Balaban J connectivity index is 1.51. The van der Waals surface area contributed by atoms with E-state index in [0.29, 0.717) is 0 Å². The monoisotopic (exact) mass is 418 g/mol. The van der Waals surface area contributed by atoms with Gasteiger partial charge in [0.1, 0.15) is 22.6 Å².